The van der Waals surface area contributed by atoms with Gasteiger partial charge in [-0.3, -0.25) is 0 Å². The van der Waals surface area contributed by atoms with E-state index in [4.69, 9.17) is 9.84 Å². The topological polar surface area (TPSA) is 46.5 Å². The molecule has 1 aromatic rings. The Hall–Kier alpha value is 0.630. The van der Waals surface area contributed by atoms with Crippen molar-refractivity contribution in [3.8, 4) is 5.75 Å². The third-order valence-corrected chi connectivity index (χ3v) is 8.00. The number of carboxylic acid groups (broad SMARTS) is 1. The average Bonchev–Trinajstić information content (AvgIpc) is 2.37. The van der Waals surface area contributed by atoms with Crippen molar-refractivity contribution in [3.63, 3.8) is 0 Å². The molecule has 0 unspecified atom stereocenters. The maximum absolute atomic E-state index is 11.1. The zero-order valence-corrected chi connectivity index (χ0v) is 17.4. The van der Waals surface area contributed by atoms with Gasteiger partial charge in [-0.05, 0) is 92.1 Å². The number of hydrogen-bond acceptors (Lipinski definition) is 2. The van der Waals surface area contributed by atoms with Crippen LogP contribution >= 0.6 is 79.6 Å². The summed E-state index contributed by atoms with van der Waals surface area (Å²) in [7, 11) is 0. The van der Waals surface area contributed by atoms with Crippen LogP contribution in [0.2, 0.25) is 0 Å². The minimum absolute atomic E-state index is 0.120. The highest BCUT2D eigenvalue weighted by molar-refractivity contribution is 9.15. The Balaban J connectivity index is 3.36. The number of carboxylic acids is 1. The smallest absolute Gasteiger partial charge is 0.371 e. The Morgan fingerprint density at radius 2 is 1.47 bits per heavy atom. The zero-order chi connectivity index (χ0) is 14.7. The van der Waals surface area contributed by atoms with Gasteiger partial charge in [-0.1, -0.05) is 6.92 Å². The van der Waals surface area contributed by atoms with Crippen LogP contribution in [0.15, 0.2) is 34.2 Å². The molecule has 0 aliphatic rings. The highest BCUT2D eigenvalue weighted by atomic mass is 79.9. The standard InChI is InChI=1S/C11H7Br5O3/c1-2-3-4(11(17)18)19-10-8(15)6(13)5(12)7(14)9(10)16/h3H,2H2,1H3,(H,17,18)/b4-3+. The molecule has 104 valence electrons. The Kier molecular flexibility index (Phi) is 7.06. The van der Waals surface area contributed by atoms with E-state index in [-0.39, 0.29) is 5.76 Å². The SMILES string of the molecule is CC/C=C(/Oc1c(Br)c(Br)c(Br)c(Br)c1Br)C(=O)O. The summed E-state index contributed by atoms with van der Waals surface area (Å²) in [4.78, 5) is 11.1. The Bertz CT molecular complexity index is 525. The number of ether oxygens (including phenoxy) is 1. The molecular formula is C11H7Br5O3. The summed E-state index contributed by atoms with van der Waals surface area (Å²) in [6.07, 6.45) is 2.07. The molecule has 19 heavy (non-hydrogen) atoms. The van der Waals surface area contributed by atoms with Crippen LogP contribution in [0.3, 0.4) is 0 Å². The maximum Gasteiger partial charge on any atom is 0.371 e. The van der Waals surface area contributed by atoms with Gasteiger partial charge in [-0.15, -0.1) is 0 Å². The first-order valence-corrected chi connectivity index (χ1v) is 8.90. The minimum Gasteiger partial charge on any atom is -0.475 e. The van der Waals surface area contributed by atoms with Crippen molar-refractivity contribution in [2.24, 2.45) is 0 Å². The normalized spacial score (nSPS) is 11.6. The van der Waals surface area contributed by atoms with Gasteiger partial charge in [0.05, 0.1) is 17.9 Å². The Morgan fingerprint density at radius 1 is 1.05 bits per heavy atom. The second-order valence-electron chi connectivity index (χ2n) is 3.28. The molecule has 0 aliphatic heterocycles. The molecule has 0 amide bonds. The fourth-order valence-electron chi connectivity index (χ4n) is 1.14. The molecule has 0 aromatic heterocycles. The summed E-state index contributed by atoms with van der Waals surface area (Å²) in [5.41, 5.74) is 0. The number of halogens is 5. The number of rotatable bonds is 4. The molecular weight excluding hydrogens is 580 g/mol. The van der Waals surface area contributed by atoms with Crippen LogP contribution in [-0.2, 0) is 4.79 Å². The van der Waals surface area contributed by atoms with E-state index in [1.54, 1.807) is 0 Å². The molecule has 0 heterocycles. The molecule has 0 radical (unpaired) electrons. The number of benzene rings is 1. The number of aliphatic carboxylic acids is 1. The number of allylic oxidation sites excluding steroid dienone is 1. The van der Waals surface area contributed by atoms with E-state index in [1.165, 1.54) is 6.08 Å². The monoisotopic (exact) mass is 582 g/mol. The average molecular weight is 587 g/mol. The van der Waals surface area contributed by atoms with Crippen LogP contribution in [0, 0.1) is 0 Å². The van der Waals surface area contributed by atoms with Crippen molar-refractivity contribution < 1.29 is 14.6 Å². The quantitative estimate of drug-likeness (QED) is 0.196. The van der Waals surface area contributed by atoms with Gasteiger partial charge in [0.1, 0.15) is 0 Å². The van der Waals surface area contributed by atoms with Gasteiger partial charge >= 0.3 is 5.97 Å². The molecule has 0 spiro atoms. The van der Waals surface area contributed by atoms with Crippen molar-refractivity contribution in [2.45, 2.75) is 13.3 Å². The Labute approximate surface area is 152 Å². The lowest BCUT2D eigenvalue weighted by Gasteiger charge is -2.14. The molecule has 0 atom stereocenters. The predicted octanol–water partition coefficient (Wildman–Crippen LogP) is 6.26. The van der Waals surface area contributed by atoms with Gasteiger partial charge in [0.25, 0.3) is 0 Å². The van der Waals surface area contributed by atoms with Crippen molar-refractivity contribution in [1.29, 1.82) is 0 Å². The van der Waals surface area contributed by atoms with Crippen molar-refractivity contribution in [3.05, 3.63) is 34.2 Å². The van der Waals surface area contributed by atoms with Gasteiger partial charge in [0.2, 0.25) is 5.76 Å². The predicted molar refractivity (Wildman–Crippen MR) is 91.6 cm³/mol. The van der Waals surface area contributed by atoms with Crippen LogP contribution in [0.5, 0.6) is 5.75 Å². The fraction of sp³-hybridized carbons (Fsp3) is 0.182. The molecule has 3 nitrogen and oxygen atoms in total. The molecule has 0 saturated carbocycles. The summed E-state index contributed by atoms with van der Waals surface area (Å²) < 4.78 is 8.93. The number of hydrogen-bond donors (Lipinski definition) is 1. The first-order valence-electron chi connectivity index (χ1n) is 4.93. The first kappa shape index (κ1) is 17.7. The molecule has 8 heteroatoms. The summed E-state index contributed by atoms with van der Waals surface area (Å²) in [6, 6.07) is 0. The van der Waals surface area contributed by atoms with Gasteiger partial charge in [0, 0.05) is 4.47 Å². The molecule has 1 N–H and O–H groups in total. The van der Waals surface area contributed by atoms with Crippen molar-refractivity contribution in [2.75, 3.05) is 0 Å². The van der Waals surface area contributed by atoms with Crippen molar-refractivity contribution >= 4 is 85.6 Å². The van der Waals surface area contributed by atoms with Gasteiger partial charge < -0.3 is 9.84 Å². The molecule has 0 aliphatic carbocycles. The van der Waals surface area contributed by atoms with Crippen LogP contribution in [0.1, 0.15) is 13.3 Å². The van der Waals surface area contributed by atoms with Crippen LogP contribution in [-0.4, -0.2) is 11.1 Å². The van der Waals surface area contributed by atoms with E-state index in [2.05, 4.69) is 79.6 Å². The van der Waals surface area contributed by atoms with Gasteiger partial charge in [-0.25, -0.2) is 4.79 Å². The second-order valence-corrected chi connectivity index (χ2v) is 7.25. The minimum atomic E-state index is -1.11. The third kappa shape index (κ3) is 4.06. The summed E-state index contributed by atoms with van der Waals surface area (Å²) >= 11 is 16.9. The molecule has 1 rings (SSSR count). The molecule has 0 fully saturated rings. The Morgan fingerprint density at radius 3 is 1.84 bits per heavy atom. The largest absolute Gasteiger partial charge is 0.475 e. The summed E-state index contributed by atoms with van der Waals surface area (Å²) in [6.45, 7) is 1.84. The lowest BCUT2D eigenvalue weighted by molar-refractivity contribution is -0.135. The second kappa shape index (κ2) is 7.59. The third-order valence-electron chi connectivity index (χ3n) is 1.98. The molecule has 0 bridgehead atoms. The van der Waals surface area contributed by atoms with E-state index in [9.17, 15) is 4.79 Å². The zero-order valence-electron chi connectivity index (χ0n) is 9.44. The lowest BCUT2D eigenvalue weighted by Crippen LogP contribution is -2.08. The lowest BCUT2D eigenvalue weighted by atomic mass is 10.3. The van der Waals surface area contributed by atoms with Crippen LogP contribution in [0.4, 0.5) is 0 Å². The first-order chi connectivity index (χ1) is 8.81. The molecule has 1 aromatic carbocycles. The van der Waals surface area contributed by atoms with Crippen molar-refractivity contribution in [1.82, 2.24) is 0 Å². The highest BCUT2D eigenvalue weighted by Crippen LogP contribution is 2.49. The summed E-state index contributed by atoms with van der Waals surface area (Å²) in [5, 5.41) is 9.08. The fourth-order valence-corrected chi connectivity index (χ4v) is 4.31. The maximum atomic E-state index is 11.1. The highest BCUT2D eigenvalue weighted by Gasteiger charge is 2.21. The van der Waals surface area contributed by atoms with Crippen LogP contribution < -0.4 is 4.74 Å². The van der Waals surface area contributed by atoms with E-state index >= 15 is 0 Å². The van der Waals surface area contributed by atoms with E-state index in [0.717, 1.165) is 13.4 Å². The van der Waals surface area contributed by atoms with Gasteiger partial charge in [-0.2, -0.15) is 0 Å². The van der Waals surface area contributed by atoms with E-state index < -0.39 is 5.97 Å². The van der Waals surface area contributed by atoms with Crippen LogP contribution in [0.25, 0.3) is 0 Å². The summed E-state index contributed by atoms with van der Waals surface area (Å²) in [5.74, 6) is -0.857. The van der Waals surface area contributed by atoms with E-state index in [0.29, 0.717) is 21.1 Å². The number of carbonyl (C=O) groups is 1. The molecule has 0 saturated heterocycles. The van der Waals surface area contributed by atoms with Gasteiger partial charge in [0.15, 0.2) is 5.75 Å². The van der Waals surface area contributed by atoms with E-state index in [1.807, 2.05) is 6.92 Å².